The largest absolute Gasteiger partial charge is 0.416 e. The minimum absolute atomic E-state index is 0.0130. The van der Waals surface area contributed by atoms with Gasteiger partial charge in [0.05, 0.1) is 10.5 Å². The van der Waals surface area contributed by atoms with Crippen LogP contribution < -0.4 is 11.1 Å². The van der Waals surface area contributed by atoms with Crippen LogP contribution in [0.25, 0.3) is 0 Å². The molecule has 1 heterocycles. The molecule has 1 aromatic rings. The highest BCUT2D eigenvalue weighted by Gasteiger charge is 2.34. The zero-order valence-electron chi connectivity index (χ0n) is 16.2. The zero-order chi connectivity index (χ0) is 22.5. The van der Waals surface area contributed by atoms with Crippen molar-refractivity contribution in [1.29, 1.82) is 0 Å². The molecule has 8 nitrogen and oxygen atoms in total. The zero-order valence-corrected chi connectivity index (χ0v) is 17.8. The number of piperazine rings is 1. The Bertz CT molecular complexity index is 855. The number of sulfonamides is 1. The lowest BCUT2D eigenvalue weighted by atomic mass is 10.2. The van der Waals surface area contributed by atoms with E-state index in [1.807, 2.05) is 6.26 Å². The molecule has 0 bridgehead atoms. The normalized spacial score (nSPS) is 16.9. The Labute approximate surface area is 177 Å². The van der Waals surface area contributed by atoms with Gasteiger partial charge < -0.3 is 16.0 Å². The number of nitrogens with one attached hydrogen (secondary N) is 1. The Balaban J connectivity index is 2.04. The number of hydrogen-bond acceptors (Lipinski definition) is 5. The van der Waals surface area contributed by atoms with Crippen LogP contribution in [0.15, 0.2) is 29.2 Å². The molecule has 168 valence electrons. The van der Waals surface area contributed by atoms with E-state index in [1.54, 1.807) is 0 Å². The highest BCUT2D eigenvalue weighted by molar-refractivity contribution is 7.98. The molecule has 0 saturated carbocycles. The van der Waals surface area contributed by atoms with Gasteiger partial charge in [-0.3, -0.25) is 4.79 Å². The lowest BCUT2D eigenvalue weighted by molar-refractivity contribution is -0.137. The first kappa shape index (κ1) is 24.3. The number of halogens is 3. The number of nitrogens with zero attached hydrogens (tertiary/aromatic N) is 2. The monoisotopic (exact) mass is 468 g/mol. The van der Waals surface area contributed by atoms with Crippen LogP contribution in [-0.4, -0.2) is 73.8 Å². The topological polar surface area (TPSA) is 113 Å². The first-order chi connectivity index (χ1) is 14.0. The molecule has 0 spiro atoms. The number of alkyl halides is 3. The van der Waals surface area contributed by atoms with Crippen LogP contribution in [0, 0.1) is 0 Å². The number of hydrogen-bond donors (Lipinski definition) is 2. The molecule has 1 aliphatic rings. The molecule has 0 aliphatic carbocycles. The van der Waals surface area contributed by atoms with Crippen molar-refractivity contribution in [3.63, 3.8) is 0 Å². The van der Waals surface area contributed by atoms with Crippen LogP contribution >= 0.6 is 11.8 Å². The Kier molecular flexibility index (Phi) is 7.99. The third-order valence-corrected chi connectivity index (χ3v) is 7.15. The summed E-state index contributed by atoms with van der Waals surface area (Å²) in [6, 6.07) is 1.67. The average Bonchev–Trinajstić information content (AvgIpc) is 2.70. The predicted octanol–water partition coefficient (Wildman–Crippen LogP) is 1.33. The van der Waals surface area contributed by atoms with Gasteiger partial charge in [-0.25, -0.2) is 13.2 Å². The van der Waals surface area contributed by atoms with E-state index in [1.165, 1.54) is 16.7 Å². The van der Waals surface area contributed by atoms with Crippen molar-refractivity contribution in [3.05, 3.63) is 29.8 Å². The third kappa shape index (κ3) is 6.01. The van der Waals surface area contributed by atoms with Crippen LogP contribution in [0.1, 0.15) is 12.0 Å². The lowest BCUT2D eigenvalue weighted by Gasteiger charge is -2.35. The van der Waals surface area contributed by atoms with Crippen LogP contribution in [0.2, 0.25) is 0 Å². The predicted molar refractivity (Wildman–Crippen MR) is 106 cm³/mol. The fourth-order valence-corrected chi connectivity index (χ4v) is 4.89. The second-order valence-corrected chi connectivity index (χ2v) is 9.52. The van der Waals surface area contributed by atoms with Crippen molar-refractivity contribution in [2.45, 2.75) is 23.5 Å². The van der Waals surface area contributed by atoms with Gasteiger partial charge in [-0.1, -0.05) is 0 Å². The number of carbonyl (C=O) groups excluding carboxylic acids is 2. The van der Waals surface area contributed by atoms with Gasteiger partial charge in [-0.05, 0) is 42.7 Å². The van der Waals surface area contributed by atoms with E-state index in [2.05, 4.69) is 5.32 Å². The second-order valence-electron chi connectivity index (χ2n) is 6.59. The molecule has 2 rings (SSSR count). The number of amides is 3. The summed E-state index contributed by atoms with van der Waals surface area (Å²) in [5.41, 5.74) is 4.19. The van der Waals surface area contributed by atoms with Gasteiger partial charge in [0.2, 0.25) is 15.9 Å². The SMILES string of the molecule is CSCCC(NC(N)=O)C(=O)N1CCN(S(=O)(=O)c2ccc(C(F)(F)F)cc2)CC1. The molecule has 1 unspecified atom stereocenters. The molecule has 1 aliphatic heterocycles. The van der Waals surface area contributed by atoms with Gasteiger partial charge in [-0.2, -0.15) is 29.2 Å². The summed E-state index contributed by atoms with van der Waals surface area (Å²) >= 11 is 1.50. The quantitative estimate of drug-likeness (QED) is 0.627. The number of primary amides is 1. The maximum Gasteiger partial charge on any atom is 0.416 e. The molecule has 1 saturated heterocycles. The van der Waals surface area contributed by atoms with E-state index >= 15 is 0 Å². The molecule has 1 aromatic carbocycles. The second kappa shape index (κ2) is 9.88. The van der Waals surface area contributed by atoms with Gasteiger partial charge in [0, 0.05) is 26.2 Å². The van der Waals surface area contributed by atoms with Gasteiger partial charge in [0.15, 0.2) is 0 Å². The molecule has 3 amide bonds. The smallest absolute Gasteiger partial charge is 0.352 e. The Hall–Kier alpha value is -1.99. The first-order valence-corrected chi connectivity index (χ1v) is 11.8. The minimum atomic E-state index is -4.56. The molecule has 13 heteroatoms. The van der Waals surface area contributed by atoms with Crippen molar-refractivity contribution in [3.8, 4) is 0 Å². The molecule has 30 heavy (non-hydrogen) atoms. The Morgan fingerprint density at radius 2 is 1.73 bits per heavy atom. The Morgan fingerprint density at radius 3 is 2.20 bits per heavy atom. The number of nitrogens with two attached hydrogens (primary N) is 1. The van der Waals surface area contributed by atoms with Crippen molar-refractivity contribution < 1.29 is 31.2 Å². The van der Waals surface area contributed by atoms with Gasteiger partial charge in [0.25, 0.3) is 0 Å². The third-order valence-electron chi connectivity index (χ3n) is 4.59. The molecule has 1 atom stereocenters. The van der Waals surface area contributed by atoms with Gasteiger partial charge in [0.1, 0.15) is 6.04 Å². The number of rotatable bonds is 7. The molecule has 1 fully saturated rings. The summed E-state index contributed by atoms with van der Waals surface area (Å²) < 4.78 is 64.6. The van der Waals surface area contributed by atoms with E-state index in [0.717, 1.165) is 28.6 Å². The molecular weight excluding hydrogens is 445 g/mol. The summed E-state index contributed by atoms with van der Waals surface area (Å²) in [5, 5.41) is 2.41. The summed E-state index contributed by atoms with van der Waals surface area (Å²) in [6.07, 6.45) is -2.32. The van der Waals surface area contributed by atoms with E-state index in [9.17, 15) is 31.2 Å². The van der Waals surface area contributed by atoms with Crippen molar-refractivity contribution in [2.24, 2.45) is 5.73 Å². The summed E-state index contributed by atoms with van der Waals surface area (Å²) in [7, 11) is -3.99. The first-order valence-electron chi connectivity index (χ1n) is 8.98. The number of urea groups is 1. The summed E-state index contributed by atoms with van der Waals surface area (Å²) in [6.45, 7) is 0.158. The van der Waals surface area contributed by atoms with Crippen molar-refractivity contribution in [1.82, 2.24) is 14.5 Å². The van der Waals surface area contributed by atoms with Gasteiger partial charge in [-0.15, -0.1) is 0 Å². The molecule has 0 aromatic heterocycles. The fraction of sp³-hybridized carbons (Fsp3) is 0.529. The molecule has 0 radical (unpaired) electrons. The maximum absolute atomic E-state index is 12.7. The number of carbonyl (C=O) groups is 2. The summed E-state index contributed by atoms with van der Waals surface area (Å²) in [4.78, 5) is 25.0. The minimum Gasteiger partial charge on any atom is -0.352 e. The Morgan fingerprint density at radius 1 is 1.17 bits per heavy atom. The highest BCUT2D eigenvalue weighted by Crippen LogP contribution is 2.30. The standard InChI is InChI=1S/C17H23F3N4O4S2/c1-29-11-6-14(22-16(21)26)15(25)23-7-9-24(10-8-23)30(27,28)13-4-2-12(3-5-13)17(18,19)20/h2-5,14H,6-11H2,1H3,(H3,21,22,26). The number of benzene rings is 1. The highest BCUT2D eigenvalue weighted by atomic mass is 32.2. The van der Waals surface area contributed by atoms with Crippen molar-refractivity contribution in [2.75, 3.05) is 38.2 Å². The fourth-order valence-electron chi connectivity index (χ4n) is 3.00. The molecular formula is C17H23F3N4O4S2. The van der Waals surface area contributed by atoms with Crippen LogP contribution in [0.4, 0.5) is 18.0 Å². The molecule has 3 N–H and O–H groups in total. The van der Waals surface area contributed by atoms with Gasteiger partial charge >= 0.3 is 12.2 Å². The van der Waals surface area contributed by atoms with E-state index in [4.69, 9.17) is 5.73 Å². The van der Waals surface area contributed by atoms with E-state index < -0.39 is 33.8 Å². The number of thioether (sulfide) groups is 1. The van der Waals surface area contributed by atoms with E-state index in [-0.39, 0.29) is 37.0 Å². The lowest BCUT2D eigenvalue weighted by Crippen LogP contribution is -2.56. The van der Waals surface area contributed by atoms with Crippen LogP contribution in [0.3, 0.4) is 0 Å². The van der Waals surface area contributed by atoms with E-state index in [0.29, 0.717) is 12.2 Å². The maximum atomic E-state index is 12.7. The summed E-state index contributed by atoms with van der Waals surface area (Å²) in [5.74, 6) is 0.272. The van der Waals surface area contributed by atoms with Crippen LogP contribution in [0.5, 0.6) is 0 Å². The van der Waals surface area contributed by atoms with Crippen molar-refractivity contribution >= 4 is 33.7 Å². The average molecular weight is 469 g/mol. The van der Waals surface area contributed by atoms with Crippen LogP contribution in [-0.2, 0) is 21.0 Å².